The quantitative estimate of drug-likeness (QED) is 0.785. The summed E-state index contributed by atoms with van der Waals surface area (Å²) in [5, 5.41) is 9.23. The number of nitrogens with one attached hydrogen (secondary N) is 1. The number of aromatic nitrogens is 3. The molecule has 1 fully saturated rings. The van der Waals surface area contributed by atoms with E-state index in [1.165, 1.54) is 31.1 Å². The molecule has 2 aromatic heterocycles. The van der Waals surface area contributed by atoms with Crippen molar-refractivity contribution in [3.63, 3.8) is 0 Å². The van der Waals surface area contributed by atoms with Gasteiger partial charge in [0, 0.05) is 11.6 Å². The van der Waals surface area contributed by atoms with Crippen LogP contribution in [0.5, 0.6) is 0 Å². The molecule has 0 atom stereocenters. The highest BCUT2D eigenvalue weighted by molar-refractivity contribution is 5.79. The van der Waals surface area contributed by atoms with Gasteiger partial charge in [0.2, 0.25) is 0 Å². The van der Waals surface area contributed by atoms with E-state index < -0.39 is 0 Å². The Morgan fingerprint density at radius 3 is 2.82 bits per heavy atom. The molecule has 0 bridgehead atoms. The number of para-hydroxylation sites is 1. The highest BCUT2D eigenvalue weighted by Gasteiger charge is 2.17. The molecule has 3 aromatic rings. The van der Waals surface area contributed by atoms with Crippen molar-refractivity contribution in [3.05, 3.63) is 54.4 Å². The molecule has 1 aliphatic carbocycles. The molecule has 112 valence electrons. The van der Waals surface area contributed by atoms with Gasteiger partial charge in [-0.2, -0.15) is 5.10 Å². The van der Waals surface area contributed by atoms with Gasteiger partial charge in [0.05, 0.1) is 23.8 Å². The first-order valence-corrected chi connectivity index (χ1v) is 8.02. The van der Waals surface area contributed by atoms with E-state index >= 15 is 0 Å². The number of fused-ring (bicyclic) bond motifs is 1. The minimum Gasteiger partial charge on any atom is -0.364 e. The molecule has 1 aliphatic rings. The van der Waals surface area contributed by atoms with Gasteiger partial charge in [0.1, 0.15) is 5.82 Å². The zero-order valence-electron chi connectivity index (χ0n) is 12.6. The summed E-state index contributed by atoms with van der Waals surface area (Å²) in [5.74, 6) is 0.897. The first-order valence-electron chi connectivity index (χ1n) is 8.02. The van der Waals surface area contributed by atoms with Crippen LogP contribution in [0.3, 0.4) is 0 Å². The van der Waals surface area contributed by atoms with Crippen molar-refractivity contribution >= 4 is 16.7 Å². The van der Waals surface area contributed by atoms with Crippen LogP contribution in [0, 0.1) is 0 Å². The van der Waals surface area contributed by atoms with E-state index in [-0.39, 0.29) is 0 Å². The fourth-order valence-electron chi connectivity index (χ4n) is 3.19. The first-order chi connectivity index (χ1) is 10.9. The lowest BCUT2D eigenvalue weighted by Crippen LogP contribution is -2.07. The van der Waals surface area contributed by atoms with Gasteiger partial charge in [0.15, 0.2) is 0 Å². The van der Waals surface area contributed by atoms with Crippen LogP contribution in [-0.4, -0.2) is 14.8 Å². The fraction of sp³-hybridized carbons (Fsp3) is 0.333. The van der Waals surface area contributed by atoms with Crippen molar-refractivity contribution in [1.29, 1.82) is 0 Å². The van der Waals surface area contributed by atoms with Gasteiger partial charge in [0.25, 0.3) is 0 Å². The Bertz CT molecular complexity index is 771. The second-order valence-electron chi connectivity index (χ2n) is 5.97. The van der Waals surface area contributed by atoms with Crippen molar-refractivity contribution in [3.8, 4) is 0 Å². The molecule has 4 rings (SSSR count). The van der Waals surface area contributed by atoms with Crippen LogP contribution in [0.1, 0.15) is 37.4 Å². The second kappa shape index (κ2) is 5.79. The van der Waals surface area contributed by atoms with E-state index in [1.54, 1.807) is 0 Å². The first kappa shape index (κ1) is 13.3. The minimum absolute atomic E-state index is 0.604. The molecule has 4 nitrogen and oxygen atoms in total. The van der Waals surface area contributed by atoms with Crippen molar-refractivity contribution < 1.29 is 0 Å². The molecule has 0 aliphatic heterocycles. The Labute approximate surface area is 130 Å². The number of nitrogens with zero attached hydrogens (tertiary/aromatic N) is 3. The Balaban J connectivity index is 1.44. The highest BCUT2D eigenvalue weighted by atomic mass is 15.3. The molecule has 22 heavy (non-hydrogen) atoms. The fourth-order valence-corrected chi connectivity index (χ4v) is 3.19. The number of hydrogen-bond acceptors (Lipinski definition) is 3. The van der Waals surface area contributed by atoms with Gasteiger partial charge in [-0.1, -0.05) is 31.0 Å². The van der Waals surface area contributed by atoms with E-state index in [0.717, 1.165) is 17.0 Å². The third-order valence-electron chi connectivity index (χ3n) is 4.41. The van der Waals surface area contributed by atoms with Gasteiger partial charge < -0.3 is 5.32 Å². The summed E-state index contributed by atoms with van der Waals surface area (Å²) in [6.45, 7) is 0.713. The summed E-state index contributed by atoms with van der Waals surface area (Å²) in [5.41, 5.74) is 2.09. The molecule has 0 radical (unpaired) electrons. The van der Waals surface area contributed by atoms with Crippen LogP contribution < -0.4 is 5.32 Å². The predicted octanol–water partition coefficient (Wildman–Crippen LogP) is 4.16. The number of hydrogen-bond donors (Lipinski definition) is 1. The van der Waals surface area contributed by atoms with Crippen molar-refractivity contribution in [2.75, 3.05) is 5.32 Å². The van der Waals surface area contributed by atoms with Crippen LogP contribution in [0.4, 0.5) is 5.82 Å². The molecule has 2 heterocycles. The Kier molecular flexibility index (Phi) is 3.51. The molecule has 1 N–H and O–H groups in total. The largest absolute Gasteiger partial charge is 0.364 e. The third kappa shape index (κ3) is 2.69. The van der Waals surface area contributed by atoms with Crippen LogP contribution in [0.25, 0.3) is 10.9 Å². The molecule has 0 spiro atoms. The minimum atomic E-state index is 0.604. The van der Waals surface area contributed by atoms with Crippen LogP contribution >= 0.6 is 0 Å². The smallest absolute Gasteiger partial charge is 0.126 e. The van der Waals surface area contributed by atoms with Gasteiger partial charge >= 0.3 is 0 Å². The van der Waals surface area contributed by atoms with E-state index in [9.17, 15) is 0 Å². The van der Waals surface area contributed by atoms with E-state index in [0.29, 0.717) is 12.6 Å². The normalized spacial score (nSPS) is 15.5. The molecule has 0 saturated heterocycles. The van der Waals surface area contributed by atoms with E-state index in [1.807, 2.05) is 24.3 Å². The van der Waals surface area contributed by atoms with Crippen LogP contribution in [0.15, 0.2) is 48.7 Å². The zero-order chi connectivity index (χ0) is 14.8. The maximum Gasteiger partial charge on any atom is 0.126 e. The topological polar surface area (TPSA) is 42.7 Å². The molecule has 4 heteroatoms. The lowest BCUT2D eigenvalue weighted by molar-refractivity contribution is 0.463. The SMILES string of the molecule is c1ccc2nc(NCc3ccn(C4CCCC4)n3)ccc2c1. The summed E-state index contributed by atoms with van der Waals surface area (Å²) >= 11 is 0. The molecule has 0 unspecified atom stereocenters. The Morgan fingerprint density at radius 1 is 1.05 bits per heavy atom. The van der Waals surface area contributed by atoms with E-state index in [4.69, 9.17) is 5.10 Å². The van der Waals surface area contributed by atoms with Gasteiger partial charge in [-0.15, -0.1) is 0 Å². The second-order valence-corrected chi connectivity index (χ2v) is 5.97. The third-order valence-corrected chi connectivity index (χ3v) is 4.41. The average molecular weight is 292 g/mol. The van der Waals surface area contributed by atoms with Gasteiger partial charge in [-0.3, -0.25) is 4.68 Å². The summed E-state index contributed by atoms with van der Waals surface area (Å²) < 4.78 is 2.14. The maximum atomic E-state index is 4.70. The Morgan fingerprint density at radius 2 is 1.91 bits per heavy atom. The molecule has 1 saturated carbocycles. The lowest BCUT2D eigenvalue weighted by Gasteiger charge is -2.09. The molecular weight excluding hydrogens is 272 g/mol. The maximum absolute atomic E-state index is 4.70. The summed E-state index contributed by atoms with van der Waals surface area (Å²) in [6, 6.07) is 15.0. The molecule has 0 amide bonds. The van der Waals surface area contributed by atoms with Crippen molar-refractivity contribution in [1.82, 2.24) is 14.8 Å². The van der Waals surface area contributed by atoms with Crippen molar-refractivity contribution in [2.24, 2.45) is 0 Å². The monoisotopic (exact) mass is 292 g/mol. The van der Waals surface area contributed by atoms with Gasteiger partial charge in [-0.05, 0) is 37.1 Å². The number of rotatable bonds is 4. The summed E-state index contributed by atoms with van der Waals surface area (Å²) in [7, 11) is 0. The van der Waals surface area contributed by atoms with Crippen molar-refractivity contribution in [2.45, 2.75) is 38.3 Å². The predicted molar refractivity (Wildman–Crippen MR) is 88.8 cm³/mol. The lowest BCUT2D eigenvalue weighted by atomic mass is 10.2. The standard InChI is InChI=1S/C18H20N4/c1-4-8-17-14(5-1)9-10-18(20-17)19-13-15-11-12-22(21-15)16-6-2-3-7-16/h1,4-5,8-12,16H,2-3,6-7,13H2,(H,19,20). The number of benzene rings is 1. The summed E-state index contributed by atoms with van der Waals surface area (Å²) in [4.78, 5) is 4.63. The zero-order valence-corrected chi connectivity index (χ0v) is 12.6. The van der Waals surface area contributed by atoms with E-state index in [2.05, 4.69) is 39.4 Å². The molecular formula is C18H20N4. The highest BCUT2D eigenvalue weighted by Crippen LogP contribution is 2.28. The average Bonchev–Trinajstić information content (AvgIpc) is 3.24. The molecule has 1 aromatic carbocycles. The van der Waals surface area contributed by atoms with Crippen LogP contribution in [-0.2, 0) is 6.54 Å². The van der Waals surface area contributed by atoms with Crippen LogP contribution in [0.2, 0.25) is 0 Å². The number of anilines is 1. The van der Waals surface area contributed by atoms with Gasteiger partial charge in [-0.25, -0.2) is 4.98 Å². The Hall–Kier alpha value is -2.36. The summed E-state index contributed by atoms with van der Waals surface area (Å²) in [6.07, 6.45) is 7.31. The number of pyridine rings is 1.